The van der Waals surface area contributed by atoms with Crippen LogP contribution in [0.15, 0.2) is 11.4 Å². The van der Waals surface area contributed by atoms with Crippen molar-refractivity contribution in [3.8, 4) is 0 Å². The molecule has 0 saturated carbocycles. The van der Waals surface area contributed by atoms with Gasteiger partial charge in [-0.05, 0) is 18.4 Å². The summed E-state index contributed by atoms with van der Waals surface area (Å²) in [5.41, 5.74) is 0.896. The first-order valence-corrected chi connectivity index (χ1v) is 8.99. The highest BCUT2D eigenvalue weighted by atomic mass is 32.2. The Morgan fingerprint density at radius 3 is 2.65 bits per heavy atom. The Morgan fingerprint density at radius 1 is 1.50 bits per heavy atom. The predicted octanol–water partition coefficient (Wildman–Crippen LogP) is 1.17. The molecule has 7 nitrogen and oxygen atoms in total. The summed E-state index contributed by atoms with van der Waals surface area (Å²) in [6, 6.07) is 1.83. The molecule has 1 aliphatic rings. The maximum absolute atomic E-state index is 11.4. The summed E-state index contributed by atoms with van der Waals surface area (Å²) >= 11 is 1.12. The van der Waals surface area contributed by atoms with Gasteiger partial charge in [-0.25, -0.2) is 12.7 Å². The Hall–Kier alpha value is -1.03. The van der Waals surface area contributed by atoms with Crippen LogP contribution < -0.4 is 5.32 Å². The maximum Gasteiger partial charge on any atom is 0.324 e. The van der Waals surface area contributed by atoms with Crippen LogP contribution in [0.4, 0.5) is 5.00 Å². The van der Waals surface area contributed by atoms with E-state index in [1.807, 2.05) is 0 Å². The van der Waals surface area contributed by atoms with E-state index in [-0.39, 0.29) is 11.0 Å². The third kappa shape index (κ3) is 3.98. The first-order valence-electron chi connectivity index (χ1n) is 6.26. The van der Waals surface area contributed by atoms with Crippen LogP contribution in [0.1, 0.15) is 18.4 Å². The number of piperidine rings is 1. The van der Waals surface area contributed by atoms with Gasteiger partial charge in [-0.1, -0.05) is 11.3 Å². The van der Waals surface area contributed by atoms with Gasteiger partial charge in [0.1, 0.15) is 0 Å². The highest BCUT2D eigenvalue weighted by molar-refractivity contribution is 7.88. The van der Waals surface area contributed by atoms with Crippen LogP contribution in [0.5, 0.6) is 0 Å². The van der Waals surface area contributed by atoms with Crippen LogP contribution >= 0.6 is 11.3 Å². The van der Waals surface area contributed by atoms with Gasteiger partial charge in [0.25, 0.3) is 0 Å². The van der Waals surface area contributed by atoms with E-state index in [2.05, 4.69) is 5.32 Å². The van der Waals surface area contributed by atoms with Gasteiger partial charge in [-0.15, -0.1) is 0 Å². The molecule has 2 rings (SSSR count). The molecule has 1 aromatic heterocycles. The van der Waals surface area contributed by atoms with Crippen molar-refractivity contribution in [2.45, 2.75) is 25.4 Å². The molecule has 0 unspecified atom stereocenters. The largest absolute Gasteiger partial charge is 0.324 e. The normalized spacial score (nSPS) is 18.2. The Morgan fingerprint density at radius 2 is 2.15 bits per heavy atom. The van der Waals surface area contributed by atoms with Gasteiger partial charge in [-0.3, -0.25) is 10.1 Å². The predicted molar refractivity (Wildman–Crippen MR) is 77.3 cm³/mol. The average Bonchev–Trinajstić information content (AvgIpc) is 2.85. The van der Waals surface area contributed by atoms with E-state index in [1.165, 1.54) is 10.6 Å². The second kappa shape index (κ2) is 6.17. The van der Waals surface area contributed by atoms with Crippen LogP contribution in [-0.4, -0.2) is 43.0 Å². The Kier molecular flexibility index (Phi) is 4.74. The van der Waals surface area contributed by atoms with Crippen LogP contribution in [0.25, 0.3) is 0 Å². The molecule has 0 atom stereocenters. The lowest BCUT2D eigenvalue weighted by Gasteiger charge is -2.30. The van der Waals surface area contributed by atoms with E-state index in [1.54, 1.807) is 11.4 Å². The molecule has 0 aromatic carbocycles. The summed E-state index contributed by atoms with van der Waals surface area (Å²) in [7, 11) is -3.09. The number of nitro groups is 1. The van der Waals surface area contributed by atoms with E-state index >= 15 is 0 Å². The molecule has 1 N–H and O–H groups in total. The molecular weight excluding hydrogens is 302 g/mol. The minimum absolute atomic E-state index is 0.147. The number of hydrogen-bond donors (Lipinski definition) is 1. The smallest absolute Gasteiger partial charge is 0.310 e. The summed E-state index contributed by atoms with van der Waals surface area (Å²) in [5.74, 6) is 0. The third-order valence-electron chi connectivity index (χ3n) is 3.34. The molecule has 0 amide bonds. The Balaban J connectivity index is 1.80. The SMILES string of the molecule is CS(=O)(=O)N1CCC(NCc2csc([N+](=O)[O-])c2)CC1. The van der Waals surface area contributed by atoms with Gasteiger partial charge in [0.15, 0.2) is 0 Å². The molecule has 112 valence electrons. The minimum atomic E-state index is -3.09. The van der Waals surface area contributed by atoms with Gasteiger partial charge in [0.2, 0.25) is 10.0 Å². The Labute approximate surface area is 121 Å². The highest BCUT2D eigenvalue weighted by Crippen LogP contribution is 2.23. The van der Waals surface area contributed by atoms with Crippen molar-refractivity contribution in [1.82, 2.24) is 9.62 Å². The van der Waals surface area contributed by atoms with E-state index in [4.69, 9.17) is 0 Å². The average molecular weight is 319 g/mol. The number of rotatable bonds is 5. The fourth-order valence-electron chi connectivity index (χ4n) is 2.20. The second-order valence-electron chi connectivity index (χ2n) is 4.87. The molecule has 1 saturated heterocycles. The lowest BCUT2D eigenvalue weighted by atomic mass is 10.1. The molecule has 0 radical (unpaired) electrons. The monoisotopic (exact) mass is 319 g/mol. The van der Waals surface area contributed by atoms with Crippen molar-refractivity contribution in [2.75, 3.05) is 19.3 Å². The molecule has 0 aliphatic carbocycles. The maximum atomic E-state index is 11.4. The molecule has 1 aliphatic heterocycles. The number of thiophene rings is 1. The summed E-state index contributed by atoms with van der Waals surface area (Å²) in [6.07, 6.45) is 2.75. The lowest BCUT2D eigenvalue weighted by Crippen LogP contribution is -2.44. The summed E-state index contributed by atoms with van der Waals surface area (Å²) in [5, 5.41) is 15.8. The zero-order chi connectivity index (χ0) is 14.8. The molecule has 2 heterocycles. The fourth-order valence-corrected chi connectivity index (χ4v) is 3.81. The van der Waals surface area contributed by atoms with Crippen molar-refractivity contribution in [2.24, 2.45) is 0 Å². The highest BCUT2D eigenvalue weighted by Gasteiger charge is 2.24. The number of nitrogens with one attached hydrogen (secondary N) is 1. The number of hydrogen-bond acceptors (Lipinski definition) is 6. The number of sulfonamides is 1. The molecular formula is C11H17N3O4S2. The van der Waals surface area contributed by atoms with Crippen molar-refractivity contribution in [3.05, 3.63) is 27.1 Å². The van der Waals surface area contributed by atoms with Crippen molar-refractivity contribution in [3.63, 3.8) is 0 Å². The van der Waals surface area contributed by atoms with Crippen LogP contribution in [0, 0.1) is 10.1 Å². The first-order chi connectivity index (χ1) is 9.36. The van der Waals surface area contributed by atoms with E-state index in [0.29, 0.717) is 19.6 Å². The molecule has 0 bridgehead atoms. The third-order valence-corrected chi connectivity index (χ3v) is 5.57. The van der Waals surface area contributed by atoms with Crippen LogP contribution in [-0.2, 0) is 16.6 Å². The summed E-state index contributed by atoms with van der Waals surface area (Å²) in [4.78, 5) is 10.2. The lowest BCUT2D eigenvalue weighted by molar-refractivity contribution is -0.380. The quantitative estimate of drug-likeness (QED) is 0.649. The molecule has 1 aromatic rings. The van der Waals surface area contributed by atoms with Gasteiger partial charge >= 0.3 is 5.00 Å². The van der Waals surface area contributed by atoms with Crippen molar-refractivity contribution >= 4 is 26.4 Å². The summed E-state index contributed by atoms with van der Waals surface area (Å²) < 4.78 is 24.3. The molecule has 1 fully saturated rings. The molecule has 20 heavy (non-hydrogen) atoms. The van der Waals surface area contributed by atoms with Gasteiger partial charge in [0, 0.05) is 37.1 Å². The van der Waals surface area contributed by atoms with Gasteiger partial charge in [0.05, 0.1) is 11.2 Å². The number of nitrogens with zero attached hydrogens (tertiary/aromatic N) is 2. The molecule has 9 heteroatoms. The zero-order valence-corrected chi connectivity index (χ0v) is 12.7. The van der Waals surface area contributed by atoms with E-state index in [9.17, 15) is 18.5 Å². The zero-order valence-electron chi connectivity index (χ0n) is 11.1. The second-order valence-corrected chi connectivity index (χ2v) is 7.74. The van der Waals surface area contributed by atoms with Crippen molar-refractivity contribution < 1.29 is 13.3 Å². The summed E-state index contributed by atoms with van der Waals surface area (Å²) in [6.45, 7) is 1.63. The molecule has 0 spiro atoms. The van der Waals surface area contributed by atoms with Gasteiger partial charge < -0.3 is 5.32 Å². The van der Waals surface area contributed by atoms with E-state index in [0.717, 1.165) is 29.7 Å². The minimum Gasteiger partial charge on any atom is -0.310 e. The standard InChI is InChI=1S/C11H17N3O4S2/c1-20(17,18)13-4-2-10(3-5-13)12-7-9-6-11(14(15)16)19-8-9/h6,8,10,12H,2-5,7H2,1H3. The Bertz CT molecular complexity index is 576. The topological polar surface area (TPSA) is 92.6 Å². The first kappa shape index (κ1) is 15.4. The van der Waals surface area contributed by atoms with Crippen LogP contribution in [0.3, 0.4) is 0 Å². The fraction of sp³-hybridized carbons (Fsp3) is 0.636. The van der Waals surface area contributed by atoms with Gasteiger partial charge in [-0.2, -0.15) is 0 Å². The van der Waals surface area contributed by atoms with E-state index < -0.39 is 14.9 Å². The van der Waals surface area contributed by atoms with Crippen molar-refractivity contribution in [1.29, 1.82) is 0 Å². The van der Waals surface area contributed by atoms with Crippen LogP contribution in [0.2, 0.25) is 0 Å².